The summed E-state index contributed by atoms with van der Waals surface area (Å²) in [5.74, 6) is 1.31. The van der Waals surface area contributed by atoms with Crippen molar-refractivity contribution >= 4 is 0 Å². The van der Waals surface area contributed by atoms with Crippen LogP contribution >= 0.6 is 0 Å². The molecule has 1 aliphatic rings. The Labute approximate surface area is 89.2 Å². The first kappa shape index (κ1) is 10.6. The van der Waals surface area contributed by atoms with Gasteiger partial charge in [0.2, 0.25) is 0 Å². The fourth-order valence-electron chi connectivity index (χ4n) is 1.73. The van der Waals surface area contributed by atoms with Crippen LogP contribution < -0.4 is 5.32 Å². The molecule has 0 saturated carbocycles. The Kier molecular flexibility index (Phi) is 3.33. The van der Waals surface area contributed by atoms with E-state index in [-0.39, 0.29) is 12.1 Å². The molecule has 5 nitrogen and oxygen atoms in total. The van der Waals surface area contributed by atoms with Crippen LogP contribution in [0.4, 0.5) is 0 Å². The van der Waals surface area contributed by atoms with Crippen molar-refractivity contribution in [1.82, 2.24) is 15.5 Å². The average molecular weight is 211 g/mol. The van der Waals surface area contributed by atoms with Gasteiger partial charge in [-0.3, -0.25) is 0 Å². The van der Waals surface area contributed by atoms with Crippen LogP contribution in [0.25, 0.3) is 0 Å². The Bertz CT molecular complexity index is 307. The molecule has 1 fully saturated rings. The topological polar surface area (TPSA) is 60.2 Å². The summed E-state index contributed by atoms with van der Waals surface area (Å²) < 4.78 is 10.3. The van der Waals surface area contributed by atoms with E-state index in [2.05, 4.69) is 15.5 Å². The van der Waals surface area contributed by atoms with Gasteiger partial charge in [0.1, 0.15) is 6.10 Å². The summed E-state index contributed by atoms with van der Waals surface area (Å²) in [6.07, 6.45) is 3.41. The van der Waals surface area contributed by atoms with Gasteiger partial charge in [-0.05, 0) is 26.3 Å². The fourth-order valence-corrected chi connectivity index (χ4v) is 1.73. The van der Waals surface area contributed by atoms with Crippen LogP contribution in [-0.4, -0.2) is 23.8 Å². The van der Waals surface area contributed by atoms with Crippen molar-refractivity contribution < 1.29 is 9.26 Å². The van der Waals surface area contributed by atoms with Gasteiger partial charge in [0.25, 0.3) is 5.89 Å². The van der Waals surface area contributed by atoms with Crippen molar-refractivity contribution in [3.05, 3.63) is 11.7 Å². The van der Waals surface area contributed by atoms with E-state index < -0.39 is 0 Å². The minimum Gasteiger partial charge on any atom is -0.372 e. The van der Waals surface area contributed by atoms with E-state index in [1.54, 1.807) is 7.11 Å². The van der Waals surface area contributed by atoms with E-state index in [0.29, 0.717) is 5.89 Å². The first-order valence-electron chi connectivity index (χ1n) is 5.41. The number of piperidine rings is 1. The Hall–Kier alpha value is -0.940. The maximum Gasteiger partial charge on any atom is 0.255 e. The maximum atomic E-state index is 5.14. The predicted molar refractivity (Wildman–Crippen MR) is 54.3 cm³/mol. The van der Waals surface area contributed by atoms with Crippen LogP contribution in [0.15, 0.2) is 4.52 Å². The molecule has 2 atom stereocenters. The van der Waals surface area contributed by atoms with Crippen molar-refractivity contribution in [3.63, 3.8) is 0 Å². The highest BCUT2D eigenvalue weighted by Gasteiger charge is 2.21. The summed E-state index contributed by atoms with van der Waals surface area (Å²) >= 11 is 0. The molecule has 1 aliphatic heterocycles. The lowest BCUT2D eigenvalue weighted by atomic mass is 10.0. The SMILES string of the molecule is COC(C)c1nc(C2CCCCN2)no1. The summed E-state index contributed by atoms with van der Waals surface area (Å²) in [5, 5.41) is 7.36. The van der Waals surface area contributed by atoms with Crippen molar-refractivity contribution in [1.29, 1.82) is 0 Å². The van der Waals surface area contributed by atoms with Crippen LogP contribution in [-0.2, 0) is 4.74 Å². The third-order valence-corrected chi connectivity index (χ3v) is 2.78. The average Bonchev–Trinajstić information content (AvgIpc) is 2.78. The Morgan fingerprint density at radius 3 is 3.07 bits per heavy atom. The molecule has 2 rings (SSSR count). The van der Waals surface area contributed by atoms with Gasteiger partial charge in [-0.25, -0.2) is 0 Å². The summed E-state index contributed by atoms with van der Waals surface area (Å²) in [6.45, 7) is 2.93. The Morgan fingerprint density at radius 1 is 1.53 bits per heavy atom. The number of hydrogen-bond acceptors (Lipinski definition) is 5. The van der Waals surface area contributed by atoms with Gasteiger partial charge in [-0.1, -0.05) is 11.6 Å². The van der Waals surface area contributed by atoms with Crippen molar-refractivity contribution in [2.45, 2.75) is 38.3 Å². The van der Waals surface area contributed by atoms with Crippen molar-refractivity contribution in [3.8, 4) is 0 Å². The molecule has 0 aromatic carbocycles. The second-order valence-electron chi connectivity index (χ2n) is 3.87. The lowest BCUT2D eigenvalue weighted by Crippen LogP contribution is -2.27. The first-order chi connectivity index (χ1) is 7.31. The number of hydrogen-bond donors (Lipinski definition) is 1. The minimum atomic E-state index is -0.130. The first-order valence-corrected chi connectivity index (χ1v) is 5.41. The predicted octanol–water partition coefficient (Wildman–Crippen LogP) is 1.59. The molecular formula is C10H17N3O2. The van der Waals surface area contributed by atoms with Crippen LogP contribution in [0, 0.1) is 0 Å². The van der Waals surface area contributed by atoms with Gasteiger partial charge in [0, 0.05) is 7.11 Å². The third kappa shape index (κ3) is 2.35. The van der Waals surface area contributed by atoms with Gasteiger partial charge in [0.15, 0.2) is 5.82 Å². The second-order valence-corrected chi connectivity index (χ2v) is 3.87. The smallest absolute Gasteiger partial charge is 0.255 e. The number of methoxy groups -OCH3 is 1. The number of rotatable bonds is 3. The number of ether oxygens (including phenoxy) is 1. The number of nitrogens with zero attached hydrogens (tertiary/aromatic N) is 2. The van der Waals surface area contributed by atoms with E-state index in [4.69, 9.17) is 9.26 Å². The highest BCUT2D eigenvalue weighted by Crippen LogP contribution is 2.22. The Balaban J connectivity index is 2.05. The van der Waals surface area contributed by atoms with Gasteiger partial charge in [-0.15, -0.1) is 0 Å². The quantitative estimate of drug-likeness (QED) is 0.822. The van der Waals surface area contributed by atoms with E-state index in [9.17, 15) is 0 Å². The monoisotopic (exact) mass is 211 g/mol. The molecule has 0 spiro atoms. The van der Waals surface area contributed by atoms with E-state index in [0.717, 1.165) is 18.8 Å². The standard InChI is InChI=1S/C10H17N3O2/c1-7(14-2)10-12-9(13-15-10)8-5-3-4-6-11-8/h7-8,11H,3-6H2,1-2H3. The molecule has 0 bridgehead atoms. The summed E-state index contributed by atoms with van der Waals surface area (Å²) in [6, 6.07) is 0.250. The molecule has 1 N–H and O–H groups in total. The molecule has 0 amide bonds. The molecule has 2 unspecified atom stereocenters. The van der Waals surface area contributed by atoms with Crippen LogP contribution in [0.1, 0.15) is 50.0 Å². The van der Waals surface area contributed by atoms with Gasteiger partial charge < -0.3 is 14.6 Å². The molecule has 84 valence electrons. The van der Waals surface area contributed by atoms with E-state index >= 15 is 0 Å². The Morgan fingerprint density at radius 2 is 2.40 bits per heavy atom. The molecule has 2 heterocycles. The van der Waals surface area contributed by atoms with Crippen molar-refractivity contribution in [2.75, 3.05) is 13.7 Å². The second kappa shape index (κ2) is 4.72. The normalized spacial score (nSPS) is 24.0. The largest absolute Gasteiger partial charge is 0.372 e. The molecule has 1 saturated heterocycles. The van der Waals surface area contributed by atoms with Gasteiger partial charge in [-0.2, -0.15) is 4.98 Å². The van der Waals surface area contributed by atoms with E-state index in [1.165, 1.54) is 12.8 Å². The molecule has 5 heteroatoms. The summed E-state index contributed by atoms with van der Waals surface area (Å²) in [4.78, 5) is 4.34. The highest BCUT2D eigenvalue weighted by atomic mass is 16.5. The zero-order valence-electron chi connectivity index (χ0n) is 9.19. The summed E-state index contributed by atoms with van der Waals surface area (Å²) in [7, 11) is 1.63. The molecule has 0 radical (unpaired) electrons. The van der Waals surface area contributed by atoms with Gasteiger partial charge >= 0.3 is 0 Å². The zero-order valence-corrected chi connectivity index (χ0v) is 9.19. The lowest BCUT2D eigenvalue weighted by Gasteiger charge is -2.19. The van der Waals surface area contributed by atoms with Crippen molar-refractivity contribution in [2.24, 2.45) is 0 Å². The highest BCUT2D eigenvalue weighted by molar-refractivity contribution is 4.96. The minimum absolute atomic E-state index is 0.130. The van der Waals surface area contributed by atoms with Crippen LogP contribution in [0.2, 0.25) is 0 Å². The van der Waals surface area contributed by atoms with E-state index in [1.807, 2.05) is 6.92 Å². The fraction of sp³-hybridized carbons (Fsp3) is 0.800. The zero-order chi connectivity index (χ0) is 10.7. The molecule has 1 aromatic heterocycles. The summed E-state index contributed by atoms with van der Waals surface area (Å²) in [5.41, 5.74) is 0. The number of nitrogens with one attached hydrogen (secondary N) is 1. The molecular weight excluding hydrogens is 194 g/mol. The maximum absolute atomic E-state index is 5.14. The molecule has 0 aliphatic carbocycles. The molecule has 15 heavy (non-hydrogen) atoms. The van der Waals surface area contributed by atoms with Crippen LogP contribution in [0.5, 0.6) is 0 Å². The number of aromatic nitrogens is 2. The lowest BCUT2D eigenvalue weighted by molar-refractivity contribution is 0.0886. The van der Waals surface area contributed by atoms with Crippen LogP contribution in [0.3, 0.4) is 0 Å². The van der Waals surface area contributed by atoms with Gasteiger partial charge in [0.05, 0.1) is 6.04 Å². The molecule has 1 aromatic rings. The third-order valence-electron chi connectivity index (χ3n) is 2.78.